The van der Waals surface area contributed by atoms with E-state index in [1.54, 1.807) is 0 Å². The summed E-state index contributed by atoms with van der Waals surface area (Å²) in [4.78, 5) is 46.8. The Morgan fingerprint density at radius 2 is 1.53 bits per heavy atom. The summed E-state index contributed by atoms with van der Waals surface area (Å²) in [6, 6.07) is 8.56. The topological polar surface area (TPSA) is 136 Å². The summed E-state index contributed by atoms with van der Waals surface area (Å²) in [5, 5.41) is 2.64. The van der Waals surface area contributed by atoms with Gasteiger partial charge in [0.2, 0.25) is 5.91 Å². The molecule has 0 saturated carbocycles. The maximum atomic E-state index is 11.9. The number of nitrogens with one attached hydrogen (secondary N) is 1. The lowest BCUT2D eigenvalue weighted by atomic mass is 9.96. The molecule has 1 heterocycles. The van der Waals surface area contributed by atoms with E-state index in [0.717, 1.165) is 5.56 Å². The van der Waals surface area contributed by atoms with Crippen LogP contribution < -0.4 is 5.32 Å². The minimum atomic E-state index is -1.16. The molecule has 1 aliphatic rings. The second-order valence-corrected chi connectivity index (χ2v) is 7.63. The van der Waals surface area contributed by atoms with E-state index in [1.165, 1.54) is 27.7 Å². The number of benzene rings is 1. The van der Waals surface area contributed by atoms with Crippen LogP contribution in [0, 0.1) is 0 Å². The predicted octanol–water partition coefficient (Wildman–Crippen LogP) is 0.876. The van der Waals surface area contributed by atoms with Crippen LogP contribution in [0.3, 0.4) is 0 Å². The first-order valence-corrected chi connectivity index (χ1v) is 10.8. The van der Waals surface area contributed by atoms with Crippen molar-refractivity contribution in [2.75, 3.05) is 19.8 Å². The second-order valence-electron chi connectivity index (χ2n) is 7.63. The molecule has 0 aliphatic carbocycles. The van der Waals surface area contributed by atoms with Gasteiger partial charge in [-0.15, -0.1) is 0 Å². The van der Waals surface area contributed by atoms with Crippen molar-refractivity contribution < 1.29 is 47.6 Å². The van der Waals surface area contributed by atoms with Crippen molar-refractivity contribution in [1.29, 1.82) is 0 Å². The molecule has 1 fully saturated rings. The van der Waals surface area contributed by atoms with Crippen molar-refractivity contribution in [3.05, 3.63) is 35.9 Å². The molecule has 34 heavy (non-hydrogen) atoms. The zero-order valence-electron chi connectivity index (χ0n) is 19.7. The molecular formula is C23H31NO10. The first-order chi connectivity index (χ1) is 16.2. The van der Waals surface area contributed by atoms with Gasteiger partial charge in [0.15, 0.2) is 18.5 Å². The summed E-state index contributed by atoms with van der Waals surface area (Å²) < 4.78 is 33.1. The van der Waals surface area contributed by atoms with Gasteiger partial charge in [0.05, 0.1) is 19.8 Å². The summed E-state index contributed by atoms with van der Waals surface area (Å²) in [6.07, 6.45) is -4.44. The average Bonchev–Trinajstić information content (AvgIpc) is 2.75. The van der Waals surface area contributed by atoms with E-state index >= 15 is 0 Å². The summed E-state index contributed by atoms with van der Waals surface area (Å²) in [6.45, 7) is 5.22. The summed E-state index contributed by atoms with van der Waals surface area (Å²) in [5.74, 6) is -2.37. The first kappa shape index (κ1) is 27.2. The number of ether oxygens (including phenoxy) is 6. The molecule has 0 spiro atoms. The molecule has 2 unspecified atom stereocenters. The molecule has 11 heteroatoms. The van der Waals surface area contributed by atoms with Crippen LogP contribution in [-0.4, -0.2) is 74.3 Å². The minimum Gasteiger partial charge on any atom is -0.463 e. The maximum absolute atomic E-state index is 11.9. The quantitative estimate of drug-likeness (QED) is 0.275. The molecule has 1 aliphatic heterocycles. The Bertz CT molecular complexity index is 830. The van der Waals surface area contributed by atoms with Crippen LogP contribution in [0.2, 0.25) is 0 Å². The number of amides is 1. The molecule has 1 aromatic rings. The molecule has 11 nitrogen and oxygen atoms in total. The van der Waals surface area contributed by atoms with Crippen LogP contribution in [0.4, 0.5) is 0 Å². The molecule has 0 aromatic heterocycles. The van der Waals surface area contributed by atoms with Crippen molar-refractivity contribution in [2.24, 2.45) is 0 Å². The van der Waals surface area contributed by atoms with Crippen LogP contribution >= 0.6 is 0 Å². The fraction of sp³-hybridized carbons (Fsp3) is 0.565. The third-order valence-electron chi connectivity index (χ3n) is 4.69. The molecule has 2 rings (SSSR count). The lowest BCUT2D eigenvalue weighted by Crippen LogP contribution is -2.66. The molecule has 188 valence electrons. The molecule has 1 amide bonds. The van der Waals surface area contributed by atoms with Gasteiger partial charge >= 0.3 is 17.9 Å². The Labute approximate surface area is 198 Å². The highest BCUT2D eigenvalue weighted by Gasteiger charge is 2.51. The molecule has 1 aromatic carbocycles. The van der Waals surface area contributed by atoms with Crippen LogP contribution in [0.15, 0.2) is 30.3 Å². The molecule has 0 bridgehead atoms. The number of hydrogen-bond donors (Lipinski definition) is 1. The van der Waals surface area contributed by atoms with Crippen LogP contribution in [0.25, 0.3) is 0 Å². The van der Waals surface area contributed by atoms with Crippen molar-refractivity contribution in [2.45, 2.75) is 64.9 Å². The van der Waals surface area contributed by atoms with E-state index in [1.807, 2.05) is 30.3 Å². The van der Waals surface area contributed by atoms with Gasteiger partial charge in [-0.3, -0.25) is 19.2 Å². The lowest BCUT2D eigenvalue weighted by molar-refractivity contribution is -0.279. The molecule has 1 saturated heterocycles. The van der Waals surface area contributed by atoms with Crippen molar-refractivity contribution in [3.63, 3.8) is 0 Å². The Kier molecular flexibility index (Phi) is 10.9. The fourth-order valence-electron chi connectivity index (χ4n) is 3.42. The molecule has 5 atom stereocenters. The van der Waals surface area contributed by atoms with Gasteiger partial charge in [-0.25, -0.2) is 0 Å². The largest absolute Gasteiger partial charge is 0.463 e. The normalized spacial score (nSPS) is 24.1. The SMILES string of the molecule is CC(=O)N[C@H]1C(OC(C)=O)[C@H](OC(C)=O)C(COC(C)=O)O[C@H]1OCCOCc1ccccc1. The van der Waals surface area contributed by atoms with E-state index in [-0.39, 0.29) is 19.8 Å². The van der Waals surface area contributed by atoms with Crippen molar-refractivity contribution in [1.82, 2.24) is 5.32 Å². The minimum absolute atomic E-state index is 0.0822. The van der Waals surface area contributed by atoms with E-state index < -0.39 is 54.5 Å². The maximum Gasteiger partial charge on any atom is 0.303 e. The smallest absolute Gasteiger partial charge is 0.303 e. The zero-order chi connectivity index (χ0) is 25.1. The first-order valence-electron chi connectivity index (χ1n) is 10.8. The van der Waals surface area contributed by atoms with Gasteiger partial charge in [-0.2, -0.15) is 0 Å². The summed E-state index contributed by atoms with van der Waals surface area (Å²) in [7, 11) is 0. The van der Waals surface area contributed by atoms with Crippen molar-refractivity contribution in [3.8, 4) is 0 Å². The number of carbonyl (C=O) groups excluding carboxylic acids is 4. The lowest BCUT2D eigenvalue weighted by Gasteiger charge is -2.44. The Hall–Kier alpha value is -3.02. The molecule has 1 N–H and O–H groups in total. The van der Waals surface area contributed by atoms with Gasteiger partial charge in [0, 0.05) is 27.7 Å². The van der Waals surface area contributed by atoms with Crippen LogP contribution in [0.5, 0.6) is 0 Å². The Balaban J connectivity index is 2.15. The number of esters is 3. The van der Waals surface area contributed by atoms with Crippen LogP contribution in [0.1, 0.15) is 33.3 Å². The monoisotopic (exact) mass is 481 g/mol. The van der Waals surface area contributed by atoms with E-state index in [2.05, 4.69) is 5.32 Å². The highest BCUT2D eigenvalue weighted by atomic mass is 16.7. The third-order valence-corrected chi connectivity index (χ3v) is 4.69. The summed E-state index contributed by atoms with van der Waals surface area (Å²) in [5.41, 5.74) is 0.994. The molecular weight excluding hydrogens is 450 g/mol. The van der Waals surface area contributed by atoms with E-state index in [9.17, 15) is 19.2 Å². The van der Waals surface area contributed by atoms with Gasteiger partial charge in [-0.05, 0) is 5.56 Å². The van der Waals surface area contributed by atoms with E-state index in [0.29, 0.717) is 6.61 Å². The highest BCUT2D eigenvalue weighted by molar-refractivity contribution is 5.73. The van der Waals surface area contributed by atoms with Gasteiger partial charge < -0.3 is 33.7 Å². The molecule has 0 radical (unpaired) electrons. The number of carbonyl (C=O) groups is 4. The average molecular weight is 481 g/mol. The van der Waals surface area contributed by atoms with E-state index in [4.69, 9.17) is 28.4 Å². The standard InChI is InChI=1S/C23H31NO10/c1-14(25)24-20-22(33-17(4)28)21(32-16(3)27)19(13-31-15(2)26)34-23(20)30-11-10-29-12-18-8-6-5-7-9-18/h5-9,19-23H,10-13H2,1-4H3,(H,24,25)/t19?,20-,21+,22?,23+/m0/s1. The fourth-order valence-corrected chi connectivity index (χ4v) is 3.42. The summed E-state index contributed by atoms with van der Waals surface area (Å²) >= 11 is 0. The third kappa shape index (κ3) is 9.08. The number of rotatable bonds is 11. The van der Waals surface area contributed by atoms with Gasteiger partial charge in [-0.1, -0.05) is 30.3 Å². The Morgan fingerprint density at radius 1 is 0.882 bits per heavy atom. The zero-order valence-corrected chi connectivity index (χ0v) is 19.7. The second kappa shape index (κ2) is 13.6. The predicted molar refractivity (Wildman–Crippen MR) is 116 cm³/mol. The Morgan fingerprint density at radius 3 is 2.12 bits per heavy atom. The van der Waals surface area contributed by atoms with Gasteiger partial charge in [0.25, 0.3) is 0 Å². The highest BCUT2D eigenvalue weighted by Crippen LogP contribution is 2.28. The number of hydrogen-bond acceptors (Lipinski definition) is 10. The van der Waals surface area contributed by atoms with Crippen molar-refractivity contribution >= 4 is 23.8 Å². The van der Waals surface area contributed by atoms with Gasteiger partial charge in [0.1, 0.15) is 18.8 Å². The van der Waals surface area contributed by atoms with Crippen LogP contribution in [-0.2, 0) is 54.2 Å².